The van der Waals surface area contributed by atoms with Crippen LogP contribution in [0.2, 0.25) is 0 Å². The molecular weight excluding hydrogens is 1210 g/mol. The van der Waals surface area contributed by atoms with Gasteiger partial charge in [-0.25, -0.2) is 0 Å². The molecule has 0 unspecified atom stereocenters. The normalized spacial score (nSPS) is 17.4. The van der Waals surface area contributed by atoms with Gasteiger partial charge in [0.2, 0.25) is 0 Å². The van der Waals surface area contributed by atoms with Crippen molar-refractivity contribution in [2.24, 2.45) is 17.8 Å². The molecule has 6 fully saturated rings. The molecule has 546 valence electrons. The van der Waals surface area contributed by atoms with Crippen LogP contribution in [0.15, 0.2) is 213 Å². The summed E-state index contributed by atoms with van der Waals surface area (Å²) in [4.78, 5) is 2.48. The molecule has 0 aromatic heterocycles. The van der Waals surface area contributed by atoms with Gasteiger partial charge in [0.1, 0.15) is 0 Å². The second kappa shape index (κ2) is 54.5. The summed E-state index contributed by atoms with van der Waals surface area (Å²) in [7, 11) is 1.95. The Bertz CT molecular complexity index is 2780. The minimum absolute atomic E-state index is 0.0685. The van der Waals surface area contributed by atoms with E-state index in [4.69, 9.17) is 0 Å². The van der Waals surface area contributed by atoms with Gasteiger partial charge in [0.05, 0.1) is 0 Å². The smallest absolute Gasteiger partial charge is 0.0372 e. The van der Waals surface area contributed by atoms with E-state index in [9.17, 15) is 0 Å². The number of nitrogens with one attached hydrogen (secondary N) is 3. The van der Waals surface area contributed by atoms with E-state index in [1.807, 2.05) is 25.2 Å². The van der Waals surface area contributed by atoms with Crippen molar-refractivity contribution in [3.8, 4) is 0 Å². The van der Waals surface area contributed by atoms with Gasteiger partial charge in [-0.3, -0.25) is 0 Å². The van der Waals surface area contributed by atoms with Crippen molar-refractivity contribution in [1.29, 1.82) is 0 Å². The number of fused-ring (bicyclic) bond motifs is 2. The first-order valence-electron chi connectivity index (χ1n) is 41.2. The van der Waals surface area contributed by atoms with Crippen LogP contribution in [0.4, 0.5) is 11.4 Å². The fraction of sp³-hybridized carbons (Fsp3) is 0.542. The van der Waals surface area contributed by atoms with Gasteiger partial charge in [-0.1, -0.05) is 395 Å². The number of benzene rings is 7. The van der Waals surface area contributed by atoms with Gasteiger partial charge in [0.25, 0.3) is 0 Å². The van der Waals surface area contributed by atoms with Crippen molar-refractivity contribution < 1.29 is 0 Å². The van der Waals surface area contributed by atoms with Crippen molar-refractivity contribution in [1.82, 2.24) is 10.6 Å². The first-order chi connectivity index (χ1) is 49.4. The zero-order valence-electron chi connectivity index (χ0n) is 64.1. The van der Waals surface area contributed by atoms with Crippen LogP contribution < -0.4 is 20.9 Å². The number of anilines is 2. The standard InChI is InChI=1S/C19H22.C13H18.C11H15N.2C9H11N.C8H11N.3C7H14.C6H12/c1-3-15-19(16-4-2,17-11-7-5-8-12-17)18-13-9-6-10-14-18;1-3-7-12(8-4-1)11-13-9-5-2-6-10-13;1-3-7-11(8-4-1)12-9-5-2-6-10-12;1-2-6-9-8(4-1)5-3-7-10-9;1-2-4-9-7-10-6-5-8(9)3-1;1-9-7-8-5-3-2-4-6-8;2*1-7-5-3-2-4-6-7;1-2-4-6-7-5-3-1;1-2-4-6-5-3-1/h3,5-14H,1,4,15-16H2,2H3;1,3-4,7-8,13H,2,5-6,9-11H2;1,3-4,7-8H,2,5-6,9-10H2;1-2,4,6,10H,3,5,7H2;1-4,10H,5-7H2;2-6,9H,7H2,1H3;2*7H,2-6H2,1H3;1-7H2;1-6H2. The summed E-state index contributed by atoms with van der Waals surface area (Å²) < 4.78 is 0. The number of nitrogens with zero attached hydrogens (tertiary/aromatic N) is 1. The zero-order chi connectivity index (χ0) is 70.3. The third-order valence-electron chi connectivity index (χ3n) is 21.6. The predicted molar refractivity (Wildman–Crippen MR) is 441 cm³/mol. The lowest BCUT2D eigenvalue weighted by molar-refractivity contribution is 0.356. The van der Waals surface area contributed by atoms with Gasteiger partial charge < -0.3 is 20.9 Å². The lowest BCUT2D eigenvalue weighted by Gasteiger charge is -2.34. The molecule has 7 aromatic carbocycles. The van der Waals surface area contributed by atoms with Crippen LogP contribution in [-0.4, -0.2) is 33.2 Å². The molecule has 0 amide bonds. The number of para-hydroxylation sites is 2. The third-order valence-corrected chi connectivity index (χ3v) is 21.6. The molecular formula is C96H142N4. The number of aryl methyl sites for hydroxylation is 1. The fourth-order valence-corrected chi connectivity index (χ4v) is 15.7. The Labute approximate surface area is 614 Å². The number of hydrogen-bond donors (Lipinski definition) is 3. The maximum atomic E-state index is 3.98. The molecule has 7 aromatic rings. The number of piperidine rings is 1. The van der Waals surface area contributed by atoms with Crippen LogP contribution in [0.5, 0.6) is 0 Å². The molecule has 3 heterocycles. The lowest BCUT2D eigenvalue weighted by atomic mass is 9.69. The van der Waals surface area contributed by atoms with E-state index in [0.717, 1.165) is 63.2 Å². The average molecular weight is 1350 g/mol. The summed E-state index contributed by atoms with van der Waals surface area (Å²) in [5.41, 5.74) is 12.9. The van der Waals surface area contributed by atoms with Gasteiger partial charge in [-0.15, -0.1) is 6.58 Å². The van der Waals surface area contributed by atoms with Crippen LogP contribution in [-0.2, 0) is 37.8 Å². The predicted octanol–water partition coefficient (Wildman–Crippen LogP) is 26.9. The molecule has 5 aliphatic carbocycles. The third kappa shape index (κ3) is 35.6. The quantitative estimate of drug-likeness (QED) is 0.0892. The molecule has 15 rings (SSSR count). The highest BCUT2D eigenvalue weighted by Crippen LogP contribution is 2.40. The van der Waals surface area contributed by atoms with Crippen LogP contribution in [0.25, 0.3) is 0 Å². The Morgan fingerprint density at radius 1 is 0.420 bits per heavy atom. The largest absolute Gasteiger partial charge is 0.385 e. The highest BCUT2D eigenvalue weighted by Gasteiger charge is 2.32. The monoisotopic (exact) mass is 1350 g/mol. The maximum Gasteiger partial charge on any atom is 0.0372 e. The maximum absolute atomic E-state index is 3.98. The van der Waals surface area contributed by atoms with E-state index in [-0.39, 0.29) is 5.41 Å². The molecule has 8 aliphatic rings. The summed E-state index contributed by atoms with van der Waals surface area (Å²) in [6, 6.07) is 70.8. The summed E-state index contributed by atoms with van der Waals surface area (Å²) in [5, 5.41) is 9.79. The number of rotatable bonds is 11. The Kier molecular flexibility index (Phi) is 45.1. The molecule has 0 atom stereocenters. The molecule has 3 aliphatic heterocycles. The Balaban J connectivity index is 0.000000178. The number of hydrogen-bond acceptors (Lipinski definition) is 4. The van der Waals surface area contributed by atoms with Crippen molar-refractivity contribution >= 4 is 11.4 Å². The van der Waals surface area contributed by atoms with E-state index in [0.29, 0.717) is 0 Å². The van der Waals surface area contributed by atoms with Crippen molar-refractivity contribution in [2.45, 2.75) is 283 Å². The molecule has 3 N–H and O–H groups in total. The minimum atomic E-state index is 0.0685. The Morgan fingerprint density at radius 3 is 1.25 bits per heavy atom. The number of allylic oxidation sites excluding steroid dienone is 1. The summed E-state index contributed by atoms with van der Waals surface area (Å²) in [5.74, 6) is 3.04. The molecule has 1 saturated heterocycles. The van der Waals surface area contributed by atoms with Crippen molar-refractivity contribution in [3.63, 3.8) is 0 Å². The molecule has 4 nitrogen and oxygen atoms in total. The first kappa shape index (κ1) is 82.8. The fourth-order valence-electron chi connectivity index (χ4n) is 15.7. The van der Waals surface area contributed by atoms with Crippen LogP contribution in [0.3, 0.4) is 0 Å². The van der Waals surface area contributed by atoms with Gasteiger partial charge in [0.15, 0.2) is 0 Å². The SMILES string of the molecule is C1CCCCC1.C1CCCCCC1.C=CCC(CCC)(c1ccccc1)c1ccccc1.CC1CCCCC1.CC1CCCCC1.CNCc1ccccc1.c1ccc(CC2CCCCC2)cc1.c1ccc(N2CCCCC2)cc1.c1ccc2c(c1)CCCN2.c1ccc2c(c1)CCNC2. The molecule has 4 heteroatoms. The first-order valence-corrected chi connectivity index (χ1v) is 41.2. The van der Waals surface area contributed by atoms with E-state index < -0.39 is 0 Å². The molecule has 0 spiro atoms. The van der Waals surface area contributed by atoms with E-state index >= 15 is 0 Å². The van der Waals surface area contributed by atoms with E-state index in [1.54, 1.807) is 0 Å². The van der Waals surface area contributed by atoms with Crippen molar-refractivity contribution in [2.75, 3.05) is 43.4 Å². The summed E-state index contributed by atoms with van der Waals surface area (Å²) >= 11 is 0. The van der Waals surface area contributed by atoms with E-state index in [2.05, 4.69) is 236 Å². The summed E-state index contributed by atoms with van der Waals surface area (Å²) in [6.07, 6.45) is 56.1. The highest BCUT2D eigenvalue weighted by molar-refractivity contribution is 5.52. The highest BCUT2D eigenvalue weighted by atomic mass is 15.1. The molecule has 0 bridgehead atoms. The second-order valence-corrected chi connectivity index (χ2v) is 30.1. The van der Waals surface area contributed by atoms with Gasteiger partial charge >= 0.3 is 0 Å². The van der Waals surface area contributed by atoms with E-state index in [1.165, 1.54) is 288 Å². The van der Waals surface area contributed by atoms with Gasteiger partial charge in [-0.05, 0) is 146 Å². The molecule has 0 radical (unpaired) electrons. The molecule has 100 heavy (non-hydrogen) atoms. The average Bonchev–Trinajstić information content (AvgIpc) is 0.791. The lowest BCUT2D eigenvalue weighted by Crippen LogP contribution is -2.29. The summed E-state index contributed by atoms with van der Waals surface area (Å²) in [6.45, 7) is 17.7. The van der Waals surface area contributed by atoms with Gasteiger partial charge in [0, 0.05) is 49.5 Å². The minimum Gasteiger partial charge on any atom is -0.385 e. The van der Waals surface area contributed by atoms with Crippen LogP contribution in [0.1, 0.15) is 284 Å². The van der Waals surface area contributed by atoms with Crippen molar-refractivity contribution in [3.05, 3.63) is 252 Å². The van der Waals surface area contributed by atoms with Crippen LogP contribution >= 0.6 is 0 Å². The van der Waals surface area contributed by atoms with Gasteiger partial charge in [-0.2, -0.15) is 0 Å². The molecule has 5 saturated carbocycles. The Hall–Kier alpha value is -6.20. The second-order valence-electron chi connectivity index (χ2n) is 30.1. The zero-order valence-corrected chi connectivity index (χ0v) is 64.1. The topological polar surface area (TPSA) is 39.3 Å². The Morgan fingerprint density at radius 2 is 0.820 bits per heavy atom. The van der Waals surface area contributed by atoms with Crippen LogP contribution in [0, 0.1) is 17.8 Å².